The number of esters is 1. The minimum atomic E-state index is -1.15. The molecule has 2 aliphatic heterocycles. The summed E-state index contributed by atoms with van der Waals surface area (Å²) < 4.78 is 19.7. The lowest BCUT2D eigenvalue weighted by molar-refractivity contribution is -0.169. The van der Waals surface area contributed by atoms with Crippen LogP contribution in [0.5, 0.6) is 0 Å². The van der Waals surface area contributed by atoms with Gasteiger partial charge in [-0.1, -0.05) is 25.1 Å². The molecule has 2 aromatic rings. The molecule has 2 radical (unpaired) electrons. The fourth-order valence-corrected chi connectivity index (χ4v) is 6.82. The number of ketones is 1. The largest absolute Gasteiger partial charge is 0.458 e. The van der Waals surface area contributed by atoms with Crippen LogP contribution in [0.2, 0.25) is 5.82 Å². The maximum absolute atomic E-state index is 13.5. The summed E-state index contributed by atoms with van der Waals surface area (Å²) in [4.78, 5) is 46.1. The number of rotatable bonds is 8. The van der Waals surface area contributed by atoms with Crippen LogP contribution in [0.1, 0.15) is 73.6 Å². The van der Waals surface area contributed by atoms with Gasteiger partial charge in [-0.15, -0.1) is 5.10 Å². The molecule has 0 saturated carbocycles. The Bertz CT molecular complexity index is 1340. The molecule has 46 heavy (non-hydrogen) atoms. The minimum absolute atomic E-state index is 0.0182. The highest BCUT2D eigenvalue weighted by Gasteiger charge is 2.58. The van der Waals surface area contributed by atoms with Crippen molar-refractivity contribution in [2.45, 2.75) is 115 Å². The van der Waals surface area contributed by atoms with Gasteiger partial charge < -0.3 is 19.5 Å². The van der Waals surface area contributed by atoms with E-state index in [1.807, 2.05) is 52.1 Å². The summed E-state index contributed by atoms with van der Waals surface area (Å²) in [5.41, 5.74) is -0.465. The summed E-state index contributed by atoms with van der Waals surface area (Å²) >= 11 is 0. The Morgan fingerprint density at radius 3 is 2.52 bits per heavy atom. The first-order chi connectivity index (χ1) is 21.8. The third kappa shape index (κ3) is 7.79. The van der Waals surface area contributed by atoms with E-state index in [1.165, 1.54) is 0 Å². The Kier molecular flexibility index (Phi) is 11.6. The van der Waals surface area contributed by atoms with E-state index in [4.69, 9.17) is 22.1 Å². The summed E-state index contributed by atoms with van der Waals surface area (Å²) in [5, 5.41) is 12.1. The molecule has 2 aliphatic rings. The van der Waals surface area contributed by atoms with Gasteiger partial charge in [0.2, 0.25) is 0 Å². The monoisotopic (exact) mass is 636 g/mol. The lowest BCUT2D eigenvalue weighted by atomic mass is 9.67. The number of aromatic nitrogens is 4. The highest BCUT2D eigenvalue weighted by atomic mass is 16.6. The van der Waals surface area contributed by atoms with E-state index in [2.05, 4.69) is 27.5 Å². The molecule has 0 aliphatic carbocycles. The second-order valence-corrected chi connectivity index (χ2v) is 13.3. The summed E-state index contributed by atoms with van der Waals surface area (Å²) in [6, 6.07) is 4.99. The van der Waals surface area contributed by atoms with Crippen LogP contribution in [-0.4, -0.2) is 100 Å². The van der Waals surface area contributed by atoms with Crippen molar-refractivity contribution in [3.63, 3.8) is 0 Å². The van der Waals surface area contributed by atoms with Gasteiger partial charge in [-0.25, -0.2) is 4.79 Å². The number of carbonyl (C=O) groups is 3. The zero-order valence-corrected chi connectivity index (χ0v) is 28.3. The number of nitrogens with one attached hydrogen (secondary N) is 1. The molecule has 13 heteroatoms. The summed E-state index contributed by atoms with van der Waals surface area (Å²) in [5.74, 6) is -2.45. The topological polar surface area (TPSA) is 138 Å². The lowest BCUT2D eigenvalue weighted by Crippen LogP contribution is -2.60. The first kappa shape index (κ1) is 35.5. The smallest absolute Gasteiger partial charge is 0.410 e. The van der Waals surface area contributed by atoms with Crippen LogP contribution < -0.4 is 5.32 Å². The number of aryl methyl sites for hydroxylation is 1. The summed E-state index contributed by atoms with van der Waals surface area (Å²) in [7, 11) is 8.10. The van der Waals surface area contributed by atoms with E-state index in [-0.39, 0.29) is 24.2 Å². The van der Waals surface area contributed by atoms with Crippen molar-refractivity contribution in [3.05, 3.63) is 30.6 Å². The standard InChI is InChI=1S/C33H49BN6O6/c1-8-28-33(6)29(23(4)36-19-21(2)18-32(5,44-7)27(34)17-26(41)22(3)30(42)45-28)40(31(43)46-33)16-12-11-15-39-20-25(37-38-39)24-13-9-10-14-35-24/h9-10,13-14,20-23,27-29,36H,8,11-12,15-19H2,1-7H3/t21-,22-,23-,27-,28-,29-,32-,33-/m1/s1. The second kappa shape index (κ2) is 15.1. The molecule has 0 spiro atoms. The first-order valence-electron chi connectivity index (χ1n) is 16.4. The predicted molar refractivity (Wildman–Crippen MR) is 173 cm³/mol. The van der Waals surface area contributed by atoms with Crippen molar-refractivity contribution in [1.29, 1.82) is 0 Å². The van der Waals surface area contributed by atoms with E-state index in [0.717, 1.165) is 12.1 Å². The van der Waals surface area contributed by atoms with E-state index >= 15 is 0 Å². The van der Waals surface area contributed by atoms with Crippen LogP contribution in [0, 0.1) is 11.8 Å². The van der Waals surface area contributed by atoms with Gasteiger partial charge in [0.1, 0.15) is 23.5 Å². The van der Waals surface area contributed by atoms with Crippen LogP contribution >= 0.6 is 0 Å². The quantitative estimate of drug-likeness (QED) is 0.196. The van der Waals surface area contributed by atoms with E-state index in [9.17, 15) is 14.4 Å². The molecular formula is C33H49BN6O6. The zero-order chi connectivity index (χ0) is 33.6. The van der Waals surface area contributed by atoms with Gasteiger partial charge in [0.25, 0.3) is 0 Å². The molecular weight excluding hydrogens is 587 g/mol. The Morgan fingerprint density at radius 2 is 1.85 bits per heavy atom. The Balaban J connectivity index is 1.53. The van der Waals surface area contributed by atoms with E-state index in [1.54, 1.807) is 29.8 Å². The van der Waals surface area contributed by atoms with Crippen molar-refractivity contribution in [3.8, 4) is 11.4 Å². The minimum Gasteiger partial charge on any atom is -0.458 e. The van der Waals surface area contributed by atoms with Crippen molar-refractivity contribution < 1.29 is 28.6 Å². The van der Waals surface area contributed by atoms with Crippen molar-refractivity contribution in [1.82, 2.24) is 30.2 Å². The second-order valence-electron chi connectivity index (χ2n) is 13.3. The highest BCUT2D eigenvalue weighted by molar-refractivity contribution is 6.15. The third-order valence-electron chi connectivity index (χ3n) is 9.76. The molecule has 4 rings (SSSR count). The Labute approximate surface area is 273 Å². The van der Waals surface area contributed by atoms with Crippen molar-refractivity contribution >= 4 is 25.7 Å². The molecule has 12 nitrogen and oxygen atoms in total. The fraction of sp³-hybridized carbons (Fsp3) is 0.697. The number of hydrogen-bond acceptors (Lipinski definition) is 10. The van der Waals surface area contributed by atoms with Crippen LogP contribution in [0.4, 0.5) is 4.79 Å². The van der Waals surface area contributed by atoms with Crippen LogP contribution in [-0.2, 0) is 30.3 Å². The highest BCUT2D eigenvalue weighted by Crippen LogP contribution is 2.39. The molecule has 2 fully saturated rings. The molecule has 1 N–H and O–H groups in total. The average molecular weight is 637 g/mol. The number of fused-ring (bicyclic) bond motifs is 1. The molecule has 1 amide bonds. The molecule has 2 saturated heterocycles. The SMILES string of the molecule is [B][C@@H]1CC(=O)[C@@H](C)C(=O)O[C@H](CC)[C@@]2(C)OC(=O)N(CCCCn3cc(-c4ccccn4)nn3)[C@@H]2[C@@H](C)NC[C@H](C)C[C@@]1(C)OC. The molecule has 4 heterocycles. The maximum Gasteiger partial charge on any atom is 0.410 e. The van der Waals surface area contributed by atoms with Gasteiger partial charge in [0.15, 0.2) is 5.60 Å². The number of nitrogens with zero attached hydrogens (tertiary/aromatic N) is 5. The van der Waals surface area contributed by atoms with Crippen molar-refractivity contribution in [2.24, 2.45) is 11.8 Å². The van der Waals surface area contributed by atoms with Gasteiger partial charge in [0, 0.05) is 38.9 Å². The van der Waals surface area contributed by atoms with Crippen molar-refractivity contribution in [2.75, 3.05) is 20.2 Å². The predicted octanol–water partition coefficient (Wildman–Crippen LogP) is 4.00. The van der Waals surface area contributed by atoms with Gasteiger partial charge >= 0.3 is 12.1 Å². The third-order valence-corrected chi connectivity index (χ3v) is 9.76. The number of ether oxygens (including phenoxy) is 3. The number of amides is 1. The van der Waals surface area contributed by atoms with E-state index < -0.39 is 47.1 Å². The van der Waals surface area contributed by atoms with Crippen LogP contribution in [0.25, 0.3) is 11.4 Å². The van der Waals surface area contributed by atoms with Crippen LogP contribution in [0.3, 0.4) is 0 Å². The number of carbonyl (C=O) groups excluding carboxylic acids is 3. The Hall–Kier alpha value is -3.32. The van der Waals surface area contributed by atoms with Gasteiger partial charge in [-0.3, -0.25) is 24.2 Å². The molecule has 0 aromatic carbocycles. The van der Waals surface area contributed by atoms with Gasteiger partial charge in [-0.2, -0.15) is 0 Å². The number of methoxy groups -OCH3 is 1. The molecule has 8 atom stereocenters. The maximum atomic E-state index is 13.5. The molecule has 2 aromatic heterocycles. The average Bonchev–Trinajstić information content (AvgIpc) is 3.61. The molecule has 250 valence electrons. The molecule has 0 unspecified atom stereocenters. The van der Waals surface area contributed by atoms with Gasteiger partial charge in [-0.05, 0) is 83.8 Å². The molecule has 0 bridgehead atoms. The normalized spacial score (nSPS) is 33.1. The zero-order valence-electron chi connectivity index (χ0n) is 28.3. The Morgan fingerprint density at radius 1 is 1.11 bits per heavy atom. The van der Waals surface area contributed by atoms with Gasteiger partial charge in [0.05, 0.1) is 31.4 Å². The fourth-order valence-electron chi connectivity index (χ4n) is 6.82. The summed E-state index contributed by atoms with van der Waals surface area (Å²) in [6.07, 6.45) is 4.78. The number of Topliss-reactive ketones (excluding diaryl/α,β-unsaturated/α-hetero) is 1. The number of pyridine rings is 1. The van der Waals surface area contributed by atoms with Crippen LogP contribution in [0.15, 0.2) is 30.6 Å². The lowest BCUT2D eigenvalue weighted by Gasteiger charge is -2.41. The first-order valence-corrected chi connectivity index (χ1v) is 16.4. The number of cyclic esters (lactones) is 1. The van der Waals surface area contributed by atoms with E-state index in [0.29, 0.717) is 44.6 Å². The number of unbranched alkanes of at least 4 members (excludes halogenated alkanes) is 1. The number of hydrogen-bond donors (Lipinski definition) is 1. The summed E-state index contributed by atoms with van der Waals surface area (Å²) in [6.45, 7) is 13.0.